The van der Waals surface area contributed by atoms with Crippen LogP contribution < -0.4 is 5.73 Å². The maximum absolute atomic E-state index is 12.9. The number of nitrogen functional groups attached to an aromatic ring is 1. The van der Waals surface area contributed by atoms with E-state index >= 15 is 0 Å². The number of hydrogen-bond acceptors (Lipinski definition) is 6. The van der Waals surface area contributed by atoms with Crippen molar-refractivity contribution < 1.29 is 14.1 Å². The number of nitrogens with two attached hydrogens (primary N) is 1. The van der Waals surface area contributed by atoms with Gasteiger partial charge in [0, 0.05) is 29.9 Å². The second-order valence-corrected chi connectivity index (χ2v) is 6.72. The number of aryl methyl sites for hydroxylation is 2. The van der Waals surface area contributed by atoms with Crippen LogP contribution in [-0.4, -0.2) is 40.6 Å². The van der Waals surface area contributed by atoms with Crippen molar-refractivity contribution in [2.24, 2.45) is 0 Å². The van der Waals surface area contributed by atoms with Gasteiger partial charge >= 0.3 is 0 Å². The molecule has 1 atom stereocenters. The van der Waals surface area contributed by atoms with E-state index in [1.807, 2.05) is 19.1 Å². The number of fused-ring (bicyclic) bond motifs is 1. The fraction of sp³-hybridized carbons (Fsp3) is 0.500. The van der Waals surface area contributed by atoms with Crippen LogP contribution in [0.2, 0.25) is 0 Å². The molecule has 25 heavy (non-hydrogen) atoms. The minimum absolute atomic E-state index is 0.0826. The zero-order valence-electron chi connectivity index (χ0n) is 14.3. The molecule has 0 radical (unpaired) electrons. The number of anilines is 1. The molecule has 2 aromatic rings. The van der Waals surface area contributed by atoms with Gasteiger partial charge in [0.25, 0.3) is 5.91 Å². The maximum atomic E-state index is 12.9. The topological polar surface area (TPSA) is 94.5 Å². The lowest BCUT2D eigenvalue weighted by Crippen LogP contribution is -2.43. The Balaban J connectivity index is 1.55. The maximum Gasteiger partial charge on any atom is 0.276 e. The highest BCUT2D eigenvalue weighted by molar-refractivity contribution is 5.94. The Hall–Kier alpha value is -2.41. The molecule has 2 aliphatic rings. The number of amides is 1. The van der Waals surface area contributed by atoms with Gasteiger partial charge in [-0.3, -0.25) is 9.78 Å². The third-order valence-corrected chi connectivity index (χ3v) is 4.83. The Morgan fingerprint density at radius 2 is 2.16 bits per heavy atom. The van der Waals surface area contributed by atoms with Gasteiger partial charge in [-0.1, -0.05) is 5.16 Å². The quantitative estimate of drug-likeness (QED) is 0.897. The van der Waals surface area contributed by atoms with Gasteiger partial charge in [-0.25, -0.2) is 0 Å². The number of pyridine rings is 1. The molecule has 2 aromatic heterocycles. The minimum Gasteiger partial charge on any atom is -0.399 e. The van der Waals surface area contributed by atoms with E-state index in [4.69, 9.17) is 15.0 Å². The molecule has 1 fully saturated rings. The predicted octanol–water partition coefficient (Wildman–Crippen LogP) is 2.05. The molecule has 1 amide bonds. The standard InChI is InChI=1S/C18H22N4O3/c1-11-8-12(19)9-14(20-11)16-10-22(6-7-24-16)18(23)17-13-4-2-3-5-15(13)25-21-17/h8-9,16H,2-7,10H2,1H3,(H2,19,20). The molecule has 1 unspecified atom stereocenters. The summed E-state index contributed by atoms with van der Waals surface area (Å²) in [5, 5.41) is 4.06. The lowest BCUT2D eigenvalue weighted by Gasteiger charge is -2.32. The highest BCUT2D eigenvalue weighted by atomic mass is 16.5. The highest BCUT2D eigenvalue weighted by Gasteiger charge is 2.31. The van der Waals surface area contributed by atoms with Crippen molar-refractivity contribution in [3.05, 3.63) is 40.5 Å². The van der Waals surface area contributed by atoms with Crippen molar-refractivity contribution in [1.29, 1.82) is 0 Å². The van der Waals surface area contributed by atoms with E-state index in [2.05, 4.69) is 10.1 Å². The number of ether oxygens (including phenoxy) is 1. The summed E-state index contributed by atoms with van der Waals surface area (Å²) in [6.45, 7) is 3.34. The van der Waals surface area contributed by atoms with Crippen LogP contribution in [0, 0.1) is 6.92 Å². The number of carbonyl (C=O) groups excluding carboxylic acids is 1. The minimum atomic E-state index is -0.275. The Bertz CT molecular complexity index is 781. The molecule has 1 aliphatic carbocycles. The normalized spacial score (nSPS) is 20.4. The number of rotatable bonds is 2. The fourth-order valence-corrected chi connectivity index (χ4v) is 3.60. The second-order valence-electron chi connectivity index (χ2n) is 6.72. The molecule has 7 nitrogen and oxygen atoms in total. The van der Waals surface area contributed by atoms with Gasteiger partial charge in [-0.05, 0) is 38.3 Å². The van der Waals surface area contributed by atoms with Crippen LogP contribution in [0.15, 0.2) is 16.7 Å². The average molecular weight is 342 g/mol. The molecule has 1 aliphatic heterocycles. The summed E-state index contributed by atoms with van der Waals surface area (Å²) in [7, 11) is 0. The summed E-state index contributed by atoms with van der Waals surface area (Å²) < 4.78 is 11.2. The summed E-state index contributed by atoms with van der Waals surface area (Å²) in [6.07, 6.45) is 3.63. The zero-order chi connectivity index (χ0) is 17.4. The largest absolute Gasteiger partial charge is 0.399 e. The molecule has 0 bridgehead atoms. The smallest absolute Gasteiger partial charge is 0.276 e. The van der Waals surface area contributed by atoms with Crippen LogP contribution in [0.1, 0.15) is 52.1 Å². The molecule has 0 spiro atoms. The molecule has 0 saturated carbocycles. The van der Waals surface area contributed by atoms with Crippen molar-refractivity contribution in [2.75, 3.05) is 25.4 Å². The molecule has 2 N–H and O–H groups in total. The zero-order valence-corrected chi connectivity index (χ0v) is 14.3. The molecular formula is C18H22N4O3. The summed E-state index contributed by atoms with van der Waals surface area (Å²) in [6, 6.07) is 3.63. The number of hydrogen-bond donors (Lipinski definition) is 1. The lowest BCUT2D eigenvalue weighted by molar-refractivity contribution is -0.0250. The number of carbonyl (C=O) groups is 1. The highest BCUT2D eigenvalue weighted by Crippen LogP contribution is 2.27. The average Bonchev–Trinajstić information content (AvgIpc) is 3.04. The van der Waals surface area contributed by atoms with Crippen LogP contribution in [-0.2, 0) is 17.6 Å². The molecule has 4 rings (SSSR count). The van der Waals surface area contributed by atoms with Gasteiger partial charge in [0.2, 0.25) is 0 Å². The first-order chi connectivity index (χ1) is 12.1. The van der Waals surface area contributed by atoms with Gasteiger partial charge < -0.3 is 19.9 Å². The Morgan fingerprint density at radius 1 is 1.32 bits per heavy atom. The van der Waals surface area contributed by atoms with Gasteiger partial charge in [-0.2, -0.15) is 0 Å². The van der Waals surface area contributed by atoms with Crippen molar-refractivity contribution >= 4 is 11.6 Å². The number of nitrogens with zero attached hydrogens (tertiary/aromatic N) is 3. The van der Waals surface area contributed by atoms with E-state index in [0.717, 1.165) is 48.4 Å². The summed E-state index contributed by atoms with van der Waals surface area (Å²) in [4.78, 5) is 19.2. The van der Waals surface area contributed by atoms with Crippen LogP contribution in [0.25, 0.3) is 0 Å². The molecule has 0 aromatic carbocycles. The third-order valence-electron chi connectivity index (χ3n) is 4.83. The van der Waals surface area contributed by atoms with E-state index in [1.54, 1.807) is 4.90 Å². The van der Waals surface area contributed by atoms with Crippen molar-refractivity contribution in [1.82, 2.24) is 15.0 Å². The van der Waals surface area contributed by atoms with E-state index in [9.17, 15) is 4.79 Å². The summed E-state index contributed by atoms with van der Waals surface area (Å²) >= 11 is 0. The van der Waals surface area contributed by atoms with Crippen LogP contribution >= 0.6 is 0 Å². The molecule has 3 heterocycles. The Morgan fingerprint density at radius 3 is 3.00 bits per heavy atom. The lowest BCUT2D eigenvalue weighted by atomic mass is 9.96. The van der Waals surface area contributed by atoms with Crippen molar-refractivity contribution in [3.8, 4) is 0 Å². The van der Waals surface area contributed by atoms with E-state index in [0.29, 0.717) is 31.1 Å². The van der Waals surface area contributed by atoms with Crippen molar-refractivity contribution in [2.45, 2.75) is 38.7 Å². The molecule has 132 valence electrons. The molecular weight excluding hydrogens is 320 g/mol. The Labute approximate surface area is 146 Å². The van der Waals surface area contributed by atoms with E-state index < -0.39 is 0 Å². The SMILES string of the molecule is Cc1cc(N)cc(C2CN(C(=O)c3noc4c3CCCC4)CCO2)n1. The molecule has 7 heteroatoms. The monoisotopic (exact) mass is 342 g/mol. The third kappa shape index (κ3) is 3.11. The second kappa shape index (κ2) is 6.48. The van der Waals surface area contributed by atoms with Gasteiger partial charge in [0.05, 0.1) is 18.8 Å². The first-order valence-corrected chi connectivity index (χ1v) is 8.74. The number of morpholine rings is 1. The Kier molecular flexibility index (Phi) is 4.17. The number of aromatic nitrogens is 2. The molecule has 1 saturated heterocycles. The van der Waals surface area contributed by atoms with Gasteiger partial charge in [-0.15, -0.1) is 0 Å². The van der Waals surface area contributed by atoms with Crippen molar-refractivity contribution in [3.63, 3.8) is 0 Å². The summed E-state index contributed by atoms with van der Waals surface area (Å²) in [5.41, 5.74) is 9.62. The predicted molar refractivity (Wildman–Crippen MR) is 91.1 cm³/mol. The first-order valence-electron chi connectivity index (χ1n) is 8.74. The van der Waals surface area contributed by atoms with Gasteiger partial charge in [0.15, 0.2) is 5.69 Å². The fourth-order valence-electron chi connectivity index (χ4n) is 3.60. The van der Waals surface area contributed by atoms with Gasteiger partial charge in [0.1, 0.15) is 11.9 Å². The summed E-state index contributed by atoms with van der Waals surface area (Å²) in [5.74, 6) is 0.786. The van der Waals surface area contributed by atoms with E-state index in [1.165, 1.54) is 0 Å². The van der Waals surface area contributed by atoms with E-state index in [-0.39, 0.29) is 12.0 Å². The van der Waals surface area contributed by atoms with Crippen LogP contribution in [0.4, 0.5) is 5.69 Å². The van der Waals surface area contributed by atoms with Crippen LogP contribution in [0.3, 0.4) is 0 Å². The first kappa shape index (κ1) is 16.1. The van der Waals surface area contributed by atoms with Crippen LogP contribution in [0.5, 0.6) is 0 Å².